The van der Waals surface area contributed by atoms with E-state index in [1.807, 2.05) is 26.0 Å². The van der Waals surface area contributed by atoms with Crippen molar-refractivity contribution in [1.82, 2.24) is 4.57 Å². The summed E-state index contributed by atoms with van der Waals surface area (Å²) in [6.07, 6.45) is 1.48. The van der Waals surface area contributed by atoms with Gasteiger partial charge in [0.25, 0.3) is 15.6 Å². The summed E-state index contributed by atoms with van der Waals surface area (Å²) in [4.78, 5) is 18.0. The molecule has 0 radical (unpaired) electrons. The first kappa shape index (κ1) is 26.7. The highest BCUT2D eigenvalue weighted by molar-refractivity contribution is 7.92. The summed E-state index contributed by atoms with van der Waals surface area (Å²) < 4.78 is 34.7. The number of ether oxygens (including phenoxy) is 1. The maximum absolute atomic E-state index is 13.4. The van der Waals surface area contributed by atoms with E-state index in [0.717, 1.165) is 11.1 Å². The van der Waals surface area contributed by atoms with Crippen molar-refractivity contribution in [1.29, 1.82) is 0 Å². The monoisotopic (exact) mass is 553 g/mol. The Morgan fingerprint density at radius 1 is 0.900 bits per heavy atom. The van der Waals surface area contributed by atoms with Gasteiger partial charge in [-0.1, -0.05) is 42.0 Å². The van der Waals surface area contributed by atoms with Crippen LogP contribution in [0.4, 0.5) is 11.4 Å². The number of aliphatic imine (C=N–C) groups is 1. The highest BCUT2D eigenvalue weighted by Gasteiger charge is 2.18. The molecule has 0 atom stereocenters. The number of rotatable bonds is 7. The normalized spacial score (nSPS) is 11.7. The van der Waals surface area contributed by atoms with Gasteiger partial charge in [0.05, 0.1) is 34.6 Å². The summed E-state index contributed by atoms with van der Waals surface area (Å²) >= 11 is 0. The van der Waals surface area contributed by atoms with Crippen molar-refractivity contribution in [3.8, 4) is 17.3 Å². The van der Waals surface area contributed by atoms with Crippen LogP contribution in [-0.4, -0.2) is 31.4 Å². The minimum atomic E-state index is -3.84. The largest absolute Gasteiger partial charge is 0.497 e. The zero-order valence-corrected chi connectivity index (χ0v) is 22.9. The number of hydrogen-bond donors (Lipinski definition) is 2. The van der Waals surface area contributed by atoms with Crippen LogP contribution in [0.5, 0.6) is 11.6 Å². The Hall–Kier alpha value is -4.89. The molecule has 202 valence electrons. The lowest BCUT2D eigenvalue weighted by Gasteiger charge is -2.16. The van der Waals surface area contributed by atoms with Gasteiger partial charge in [0.2, 0.25) is 5.88 Å². The SMILES string of the molecule is COc1ccc(S(=O)(=O)Nc2cccc(N=Cc3c(O)n(-c4ccc(C)cc4C)c(=O)c4ccccc34)c2)cc1. The summed E-state index contributed by atoms with van der Waals surface area (Å²) in [6, 6.07) is 25.3. The number of benzene rings is 4. The second-order valence-corrected chi connectivity index (χ2v) is 11.0. The summed E-state index contributed by atoms with van der Waals surface area (Å²) in [5.74, 6) is 0.311. The van der Waals surface area contributed by atoms with E-state index in [-0.39, 0.29) is 16.3 Å². The van der Waals surface area contributed by atoms with Crippen molar-refractivity contribution in [2.45, 2.75) is 18.7 Å². The molecule has 0 aliphatic carbocycles. The maximum atomic E-state index is 13.4. The van der Waals surface area contributed by atoms with Crippen molar-refractivity contribution in [2.75, 3.05) is 11.8 Å². The fourth-order valence-corrected chi connectivity index (χ4v) is 5.58. The smallest absolute Gasteiger partial charge is 0.265 e. The van der Waals surface area contributed by atoms with E-state index in [4.69, 9.17) is 4.74 Å². The second kappa shape index (κ2) is 10.7. The van der Waals surface area contributed by atoms with Gasteiger partial charge in [0.1, 0.15) is 5.75 Å². The number of hydrogen-bond acceptors (Lipinski definition) is 6. The number of anilines is 1. The Labute approximate surface area is 231 Å². The van der Waals surface area contributed by atoms with Crippen LogP contribution in [0.2, 0.25) is 0 Å². The predicted octanol–water partition coefficient (Wildman–Crippen LogP) is 5.87. The molecule has 0 fully saturated rings. The molecule has 4 aromatic carbocycles. The van der Waals surface area contributed by atoms with Crippen molar-refractivity contribution in [3.05, 3.63) is 118 Å². The molecule has 9 heteroatoms. The molecule has 5 rings (SSSR count). The summed E-state index contributed by atoms with van der Waals surface area (Å²) in [5.41, 5.74) is 3.24. The lowest BCUT2D eigenvalue weighted by atomic mass is 10.1. The minimum Gasteiger partial charge on any atom is -0.497 e. The average molecular weight is 554 g/mol. The van der Waals surface area contributed by atoms with Crippen LogP contribution in [0.3, 0.4) is 0 Å². The van der Waals surface area contributed by atoms with Gasteiger partial charge >= 0.3 is 0 Å². The fourth-order valence-electron chi connectivity index (χ4n) is 4.53. The first-order valence-electron chi connectivity index (χ1n) is 12.4. The number of aromatic hydroxyl groups is 1. The molecule has 0 saturated carbocycles. The molecule has 1 heterocycles. The number of methoxy groups -OCH3 is 1. The number of nitrogens with one attached hydrogen (secondary N) is 1. The van der Waals surface area contributed by atoms with Crippen LogP contribution in [0.25, 0.3) is 16.5 Å². The lowest BCUT2D eigenvalue weighted by molar-refractivity contribution is 0.414. The number of sulfonamides is 1. The van der Waals surface area contributed by atoms with Gasteiger partial charge in [0, 0.05) is 17.0 Å². The molecule has 40 heavy (non-hydrogen) atoms. The Balaban J connectivity index is 1.54. The van der Waals surface area contributed by atoms with E-state index >= 15 is 0 Å². The number of fused-ring (bicyclic) bond motifs is 1. The molecule has 0 amide bonds. The Morgan fingerprint density at radius 3 is 2.33 bits per heavy atom. The van der Waals surface area contributed by atoms with Crippen molar-refractivity contribution >= 4 is 38.4 Å². The second-order valence-electron chi connectivity index (χ2n) is 9.30. The molecule has 0 unspecified atom stereocenters. The van der Waals surface area contributed by atoms with E-state index in [2.05, 4.69) is 9.71 Å². The highest BCUT2D eigenvalue weighted by atomic mass is 32.2. The van der Waals surface area contributed by atoms with E-state index in [1.54, 1.807) is 66.7 Å². The topological polar surface area (TPSA) is 110 Å². The third kappa shape index (κ3) is 5.19. The molecule has 0 saturated heterocycles. The van der Waals surface area contributed by atoms with Gasteiger partial charge in [-0.05, 0) is 74.0 Å². The third-order valence-electron chi connectivity index (χ3n) is 6.51. The van der Waals surface area contributed by atoms with Gasteiger partial charge < -0.3 is 9.84 Å². The molecule has 0 bridgehead atoms. The van der Waals surface area contributed by atoms with Crippen LogP contribution in [0, 0.1) is 13.8 Å². The standard InChI is InChI=1S/C31H27N3O5S/c1-20-11-16-29(21(2)17-20)34-30(35)27-10-5-4-9-26(27)28(31(34)36)19-32-22-7-6-8-23(18-22)33-40(37,38)25-14-12-24(39-3)13-15-25/h4-19,33,36H,1-3H3. The molecule has 0 aliphatic heterocycles. The van der Waals surface area contributed by atoms with Gasteiger partial charge in [-0.25, -0.2) is 13.0 Å². The van der Waals surface area contributed by atoms with E-state index in [0.29, 0.717) is 39.1 Å². The van der Waals surface area contributed by atoms with Gasteiger partial charge in [-0.15, -0.1) is 0 Å². The number of nitrogens with zero attached hydrogens (tertiary/aromatic N) is 2. The van der Waals surface area contributed by atoms with E-state index < -0.39 is 10.0 Å². The van der Waals surface area contributed by atoms with Gasteiger partial charge in [0.15, 0.2) is 0 Å². The van der Waals surface area contributed by atoms with Crippen LogP contribution in [0.1, 0.15) is 16.7 Å². The van der Waals surface area contributed by atoms with Crippen molar-refractivity contribution < 1.29 is 18.3 Å². The van der Waals surface area contributed by atoms with E-state index in [1.165, 1.54) is 30.0 Å². The average Bonchev–Trinajstić information content (AvgIpc) is 2.94. The maximum Gasteiger partial charge on any atom is 0.265 e. The number of pyridine rings is 1. The fraction of sp³-hybridized carbons (Fsp3) is 0.0968. The Kier molecular flexibility index (Phi) is 7.15. The Bertz CT molecular complexity index is 1930. The van der Waals surface area contributed by atoms with Crippen molar-refractivity contribution in [3.63, 3.8) is 0 Å². The van der Waals surface area contributed by atoms with Crippen LogP contribution in [0.15, 0.2) is 106 Å². The first-order chi connectivity index (χ1) is 19.2. The summed E-state index contributed by atoms with van der Waals surface area (Å²) in [5, 5.41) is 12.3. The van der Waals surface area contributed by atoms with Crippen LogP contribution in [-0.2, 0) is 10.0 Å². The molecule has 5 aromatic rings. The molecular weight excluding hydrogens is 526 g/mol. The molecule has 0 spiro atoms. The number of aromatic nitrogens is 1. The zero-order chi connectivity index (χ0) is 28.4. The van der Waals surface area contributed by atoms with E-state index in [9.17, 15) is 18.3 Å². The molecule has 0 aliphatic rings. The Morgan fingerprint density at radius 2 is 1.62 bits per heavy atom. The van der Waals surface area contributed by atoms with Gasteiger partial charge in [-0.2, -0.15) is 0 Å². The minimum absolute atomic E-state index is 0.0900. The van der Waals surface area contributed by atoms with Gasteiger partial charge in [-0.3, -0.25) is 14.5 Å². The molecule has 1 aromatic heterocycles. The molecule has 2 N–H and O–H groups in total. The molecular formula is C31H27N3O5S. The summed E-state index contributed by atoms with van der Waals surface area (Å²) in [7, 11) is -2.33. The van der Waals surface area contributed by atoms with Crippen LogP contribution < -0.4 is 15.0 Å². The highest BCUT2D eigenvalue weighted by Crippen LogP contribution is 2.29. The van der Waals surface area contributed by atoms with Crippen LogP contribution >= 0.6 is 0 Å². The quantitative estimate of drug-likeness (QED) is 0.245. The molecule has 8 nitrogen and oxygen atoms in total. The first-order valence-corrected chi connectivity index (χ1v) is 13.9. The van der Waals surface area contributed by atoms with Crippen molar-refractivity contribution in [2.24, 2.45) is 4.99 Å². The number of aryl methyl sites for hydroxylation is 2. The summed E-state index contributed by atoms with van der Waals surface area (Å²) in [6.45, 7) is 3.85. The zero-order valence-electron chi connectivity index (χ0n) is 22.1. The third-order valence-corrected chi connectivity index (χ3v) is 7.90. The predicted molar refractivity (Wildman–Crippen MR) is 158 cm³/mol. The lowest BCUT2D eigenvalue weighted by Crippen LogP contribution is -2.21.